The number of aliphatic hydroxyl groups is 1. The summed E-state index contributed by atoms with van der Waals surface area (Å²) in [7, 11) is -2.04. The fourth-order valence-electron chi connectivity index (χ4n) is 2.89. The van der Waals surface area contributed by atoms with E-state index in [9.17, 15) is 8.42 Å². The van der Waals surface area contributed by atoms with E-state index in [1.807, 2.05) is 6.92 Å². The van der Waals surface area contributed by atoms with Crippen LogP contribution in [0.4, 0.5) is 0 Å². The summed E-state index contributed by atoms with van der Waals surface area (Å²) in [5.41, 5.74) is 1.01. The Morgan fingerprint density at radius 2 is 2.14 bits per heavy atom. The molecule has 0 aliphatic carbocycles. The third-order valence-electron chi connectivity index (χ3n) is 4.07. The SMILES string of the molecule is Cc1nn(CCO)c(C)c1S(=O)(=O)N(C)C1CCOC1C. The molecule has 1 saturated heterocycles. The van der Waals surface area contributed by atoms with Gasteiger partial charge in [0.2, 0.25) is 10.0 Å². The molecule has 1 aliphatic heterocycles. The Morgan fingerprint density at radius 1 is 1.48 bits per heavy atom. The molecule has 8 heteroatoms. The molecular weight excluding hydrogens is 294 g/mol. The monoisotopic (exact) mass is 317 g/mol. The highest BCUT2D eigenvalue weighted by atomic mass is 32.2. The third-order valence-corrected chi connectivity index (χ3v) is 6.20. The second-order valence-corrected chi connectivity index (χ2v) is 7.33. The number of aliphatic hydroxyl groups excluding tert-OH is 1. The van der Waals surface area contributed by atoms with Crippen LogP contribution in [0.5, 0.6) is 0 Å². The van der Waals surface area contributed by atoms with Crippen molar-refractivity contribution in [1.82, 2.24) is 14.1 Å². The molecule has 7 nitrogen and oxygen atoms in total. The van der Waals surface area contributed by atoms with E-state index in [-0.39, 0.29) is 30.2 Å². The van der Waals surface area contributed by atoms with Gasteiger partial charge < -0.3 is 9.84 Å². The molecule has 1 aliphatic rings. The molecular formula is C13H23N3O4S. The van der Waals surface area contributed by atoms with Gasteiger partial charge in [0.1, 0.15) is 4.90 Å². The van der Waals surface area contributed by atoms with Gasteiger partial charge in [0, 0.05) is 13.7 Å². The van der Waals surface area contributed by atoms with Gasteiger partial charge in [-0.25, -0.2) is 8.42 Å². The number of aromatic nitrogens is 2. The maximum atomic E-state index is 12.9. The van der Waals surface area contributed by atoms with Gasteiger partial charge in [-0.2, -0.15) is 9.40 Å². The predicted octanol–water partition coefficient (Wildman–Crippen LogP) is 0.290. The molecule has 21 heavy (non-hydrogen) atoms. The highest BCUT2D eigenvalue weighted by Crippen LogP contribution is 2.28. The van der Waals surface area contributed by atoms with Crippen LogP contribution in [0.3, 0.4) is 0 Å². The molecule has 1 fully saturated rings. The van der Waals surface area contributed by atoms with E-state index in [4.69, 9.17) is 9.84 Å². The number of rotatable bonds is 5. The molecule has 0 bridgehead atoms. The highest BCUT2D eigenvalue weighted by Gasteiger charge is 2.37. The molecule has 0 amide bonds. The molecule has 2 heterocycles. The van der Waals surface area contributed by atoms with Crippen LogP contribution in [0.15, 0.2) is 4.90 Å². The minimum atomic E-state index is -3.63. The molecule has 2 unspecified atom stereocenters. The number of nitrogens with zero attached hydrogens (tertiary/aromatic N) is 3. The van der Waals surface area contributed by atoms with E-state index >= 15 is 0 Å². The average molecular weight is 317 g/mol. The fourth-order valence-corrected chi connectivity index (χ4v) is 4.70. The maximum absolute atomic E-state index is 12.9. The molecule has 0 radical (unpaired) electrons. The summed E-state index contributed by atoms with van der Waals surface area (Å²) in [4.78, 5) is 0.234. The molecule has 0 saturated carbocycles. The van der Waals surface area contributed by atoms with Crippen LogP contribution >= 0.6 is 0 Å². The van der Waals surface area contributed by atoms with Crippen molar-refractivity contribution in [2.75, 3.05) is 20.3 Å². The second kappa shape index (κ2) is 6.04. The van der Waals surface area contributed by atoms with E-state index in [1.54, 1.807) is 20.9 Å². The van der Waals surface area contributed by atoms with Crippen LogP contribution in [-0.2, 0) is 21.3 Å². The van der Waals surface area contributed by atoms with E-state index in [0.717, 1.165) is 0 Å². The summed E-state index contributed by atoms with van der Waals surface area (Å²) >= 11 is 0. The number of ether oxygens (including phenoxy) is 1. The second-order valence-electron chi connectivity index (χ2n) is 5.40. The first-order valence-corrected chi connectivity index (χ1v) is 8.49. The van der Waals surface area contributed by atoms with E-state index < -0.39 is 10.0 Å². The first kappa shape index (κ1) is 16.4. The maximum Gasteiger partial charge on any atom is 0.246 e. The Kier molecular flexibility index (Phi) is 4.72. The Bertz CT molecular complexity index is 611. The summed E-state index contributed by atoms with van der Waals surface area (Å²) in [6, 6.07) is -0.157. The summed E-state index contributed by atoms with van der Waals surface area (Å²) in [5, 5.41) is 13.2. The number of hydrogen-bond acceptors (Lipinski definition) is 5. The van der Waals surface area contributed by atoms with Gasteiger partial charge in [-0.1, -0.05) is 0 Å². The van der Waals surface area contributed by atoms with Crippen molar-refractivity contribution in [3.8, 4) is 0 Å². The lowest BCUT2D eigenvalue weighted by molar-refractivity contribution is 0.102. The van der Waals surface area contributed by atoms with E-state index in [0.29, 0.717) is 24.4 Å². The molecule has 1 N–H and O–H groups in total. The van der Waals surface area contributed by atoms with Crippen molar-refractivity contribution in [1.29, 1.82) is 0 Å². The van der Waals surface area contributed by atoms with Crippen molar-refractivity contribution >= 4 is 10.0 Å². The first-order valence-electron chi connectivity index (χ1n) is 7.05. The Morgan fingerprint density at radius 3 is 2.67 bits per heavy atom. The van der Waals surface area contributed by atoms with Gasteiger partial charge in [-0.15, -0.1) is 0 Å². The van der Waals surface area contributed by atoms with Crippen LogP contribution < -0.4 is 0 Å². The summed E-state index contributed by atoms with van der Waals surface area (Å²) < 4.78 is 34.1. The van der Waals surface area contributed by atoms with Crippen molar-refractivity contribution in [3.63, 3.8) is 0 Å². The topological polar surface area (TPSA) is 84.7 Å². The van der Waals surface area contributed by atoms with Gasteiger partial charge >= 0.3 is 0 Å². The van der Waals surface area contributed by atoms with Crippen LogP contribution in [0.1, 0.15) is 24.7 Å². The summed E-state index contributed by atoms with van der Waals surface area (Å²) in [5.74, 6) is 0. The van der Waals surface area contributed by atoms with Crippen molar-refractivity contribution in [3.05, 3.63) is 11.4 Å². The first-order chi connectivity index (χ1) is 9.80. The highest BCUT2D eigenvalue weighted by molar-refractivity contribution is 7.89. The summed E-state index contributed by atoms with van der Waals surface area (Å²) in [6.45, 7) is 6.06. The quantitative estimate of drug-likeness (QED) is 0.844. The minimum absolute atomic E-state index is 0.0786. The molecule has 2 rings (SSSR count). The summed E-state index contributed by atoms with van der Waals surface area (Å²) in [6.07, 6.45) is 0.581. The molecule has 120 valence electrons. The lowest BCUT2D eigenvalue weighted by atomic mass is 10.2. The molecule has 1 aromatic heterocycles. The normalized spacial score (nSPS) is 23.1. The molecule has 1 aromatic rings. The Labute approximate surface area is 125 Å². The zero-order valence-electron chi connectivity index (χ0n) is 12.9. The minimum Gasteiger partial charge on any atom is -0.394 e. The van der Waals surface area contributed by atoms with Crippen LogP contribution in [0.25, 0.3) is 0 Å². The smallest absolute Gasteiger partial charge is 0.246 e. The van der Waals surface area contributed by atoms with Crippen molar-refractivity contribution in [2.45, 2.75) is 50.8 Å². The Balaban J connectivity index is 2.39. The molecule has 0 spiro atoms. The molecule has 0 aromatic carbocycles. The largest absolute Gasteiger partial charge is 0.394 e. The number of hydrogen-bond donors (Lipinski definition) is 1. The standard InChI is InChI=1S/C13H23N3O4S/c1-9-13(10(2)16(14-9)6-7-17)21(18,19)15(4)12-5-8-20-11(12)3/h11-12,17H,5-8H2,1-4H3. The number of aryl methyl sites for hydroxylation is 1. The van der Waals surface area contributed by atoms with Gasteiger partial charge in [0.15, 0.2) is 0 Å². The van der Waals surface area contributed by atoms with Gasteiger partial charge in [0.25, 0.3) is 0 Å². The van der Waals surface area contributed by atoms with Gasteiger partial charge in [0.05, 0.1) is 36.7 Å². The van der Waals surface area contributed by atoms with Crippen LogP contribution in [-0.4, -0.2) is 60.0 Å². The van der Waals surface area contributed by atoms with Crippen LogP contribution in [0, 0.1) is 13.8 Å². The Hall–Kier alpha value is -0.960. The predicted molar refractivity (Wildman–Crippen MR) is 77.6 cm³/mol. The van der Waals surface area contributed by atoms with E-state index in [1.165, 1.54) is 8.99 Å². The van der Waals surface area contributed by atoms with Gasteiger partial charge in [-0.3, -0.25) is 4.68 Å². The number of sulfonamides is 1. The average Bonchev–Trinajstić information content (AvgIpc) is 2.94. The van der Waals surface area contributed by atoms with Crippen molar-refractivity contribution < 1.29 is 18.3 Å². The fraction of sp³-hybridized carbons (Fsp3) is 0.769. The van der Waals surface area contributed by atoms with Gasteiger partial charge in [-0.05, 0) is 27.2 Å². The molecule has 2 atom stereocenters. The number of likely N-dealkylation sites (N-methyl/N-ethyl adjacent to an activating group) is 1. The van der Waals surface area contributed by atoms with E-state index in [2.05, 4.69) is 5.10 Å². The van der Waals surface area contributed by atoms with Crippen LogP contribution in [0.2, 0.25) is 0 Å². The zero-order chi connectivity index (χ0) is 15.8. The van der Waals surface area contributed by atoms with Crippen molar-refractivity contribution in [2.24, 2.45) is 0 Å². The lowest BCUT2D eigenvalue weighted by Crippen LogP contribution is -2.41. The third kappa shape index (κ3) is 2.85. The zero-order valence-corrected chi connectivity index (χ0v) is 13.7. The lowest BCUT2D eigenvalue weighted by Gasteiger charge is -2.26.